The van der Waals surface area contributed by atoms with Crippen molar-refractivity contribution >= 4 is 56.5 Å². The average Bonchev–Trinajstić information content (AvgIpc) is 3.31. The predicted molar refractivity (Wildman–Crippen MR) is 110 cm³/mol. The van der Waals surface area contributed by atoms with Crippen LogP contribution in [-0.2, 0) is 0 Å². The van der Waals surface area contributed by atoms with Crippen LogP contribution in [0.2, 0.25) is 5.02 Å². The molecule has 2 aromatic heterocycles. The molecule has 0 bridgehead atoms. The Balaban J connectivity index is 1.50. The fraction of sp³-hybridized carbons (Fsp3) is 0.0500. The van der Waals surface area contributed by atoms with Crippen LogP contribution in [0.25, 0.3) is 11.0 Å². The predicted octanol–water partition coefficient (Wildman–Crippen LogP) is 5.36. The first-order valence-corrected chi connectivity index (χ1v) is 9.58. The maximum absolute atomic E-state index is 12.6. The van der Waals surface area contributed by atoms with Gasteiger partial charge in [-0.25, -0.2) is 4.98 Å². The van der Waals surface area contributed by atoms with Gasteiger partial charge in [-0.1, -0.05) is 23.7 Å². The van der Waals surface area contributed by atoms with Gasteiger partial charge in [-0.15, -0.1) is 11.3 Å². The summed E-state index contributed by atoms with van der Waals surface area (Å²) in [5.41, 5.74) is 2.21. The molecule has 0 spiro atoms. The molecule has 0 aliphatic heterocycles. The van der Waals surface area contributed by atoms with E-state index >= 15 is 0 Å². The summed E-state index contributed by atoms with van der Waals surface area (Å²) in [6.07, 6.45) is 1.62. The van der Waals surface area contributed by atoms with Gasteiger partial charge in [0, 0.05) is 33.8 Å². The maximum atomic E-state index is 12.6. The Morgan fingerprint density at radius 2 is 1.86 bits per heavy atom. The van der Waals surface area contributed by atoms with E-state index in [0.29, 0.717) is 27.0 Å². The number of aromatic nitrogens is 1. The van der Waals surface area contributed by atoms with E-state index in [0.717, 1.165) is 10.9 Å². The standard InChI is InChI=1S/C20H14ClN3O3S/c1-11-14-3-2-4-15(21)17(14)27-16(11)19(26)23-13-7-5-12(6-8-13)18(25)24-20-22-9-10-28-20/h2-10H,1H3,(H,23,26)(H,22,24,25). The third-order valence-corrected chi connectivity index (χ3v) is 5.17. The van der Waals surface area contributed by atoms with Gasteiger partial charge in [0.2, 0.25) is 0 Å². The molecule has 2 heterocycles. The van der Waals surface area contributed by atoms with Gasteiger partial charge in [0.1, 0.15) is 0 Å². The van der Waals surface area contributed by atoms with Crippen molar-refractivity contribution in [1.29, 1.82) is 0 Å². The lowest BCUT2D eigenvalue weighted by Gasteiger charge is -2.06. The molecule has 0 aliphatic rings. The first-order chi connectivity index (χ1) is 13.5. The van der Waals surface area contributed by atoms with E-state index in [1.165, 1.54) is 11.3 Å². The van der Waals surface area contributed by atoms with E-state index in [1.54, 1.807) is 41.9 Å². The summed E-state index contributed by atoms with van der Waals surface area (Å²) in [7, 11) is 0. The quantitative estimate of drug-likeness (QED) is 0.473. The molecule has 140 valence electrons. The van der Waals surface area contributed by atoms with Crippen molar-refractivity contribution < 1.29 is 14.0 Å². The molecule has 0 fully saturated rings. The topological polar surface area (TPSA) is 84.2 Å². The summed E-state index contributed by atoms with van der Waals surface area (Å²) >= 11 is 7.48. The molecular formula is C20H14ClN3O3S. The highest BCUT2D eigenvalue weighted by atomic mass is 35.5. The molecular weight excluding hydrogens is 398 g/mol. The summed E-state index contributed by atoms with van der Waals surface area (Å²) in [6.45, 7) is 1.81. The highest BCUT2D eigenvalue weighted by Crippen LogP contribution is 2.31. The van der Waals surface area contributed by atoms with Gasteiger partial charge in [0.15, 0.2) is 16.5 Å². The van der Waals surface area contributed by atoms with E-state index in [4.69, 9.17) is 16.0 Å². The number of nitrogens with one attached hydrogen (secondary N) is 2. The minimum Gasteiger partial charge on any atom is -0.449 e. The molecule has 0 saturated carbocycles. The van der Waals surface area contributed by atoms with Crippen molar-refractivity contribution in [3.8, 4) is 0 Å². The highest BCUT2D eigenvalue weighted by Gasteiger charge is 2.19. The normalized spacial score (nSPS) is 10.8. The average molecular weight is 412 g/mol. The molecule has 2 aromatic carbocycles. The number of carbonyl (C=O) groups is 2. The first kappa shape index (κ1) is 18.2. The SMILES string of the molecule is Cc1c(C(=O)Nc2ccc(C(=O)Nc3nccs3)cc2)oc2c(Cl)cccc12. The highest BCUT2D eigenvalue weighted by molar-refractivity contribution is 7.13. The minimum atomic E-state index is -0.384. The van der Waals surface area contributed by atoms with Crippen molar-refractivity contribution in [3.63, 3.8) is 0 Å². The smallest absolute Gasteiger partial charge is 0.291 e. The number of benzene rings is 2. The lowest BCUT2D eigenvalue weighted by Crippen LogP contribution is -2.13. The Labute approximate surface area is 169 Å². The number of halogens is 1. The second kappa shape index (κ2) is 7.46. The van der Waals surface area contributed by atoms with Gasteiger partial charge in [-0.3, -0.25) is 14.9 Å². The molecule has 2 N–H and O–H groups in total. The molecule has 4 aromatic rings. The number of hydrogen-bond donors (Lipinski definition) is 2. The zero-order valence-electron chi connectivity index (χ0n) is 14.7. The van der Waals surface area contributed by atoms with Crippen LogP contribution < -0.4 is 10.6 Å². The van der Waals surface area contributed by atoms with Gasteiger partial charge in [0.05, 0.1) is 5.02 Å². The zero-order valence-corrected chi connectivity index (χ0v) is 16.2. The number of rotatable bonds is 4. The van der Waals surface area contributed by atoms with Gasteiger partial charge >= 0.3 is 0 Å². The van der Waals surface area contributed by atoms with Gasteiger partial charge in [0.25, 0.3) is 11.8 Å². The number of anilines is 2. The number of aryl methyl sites for hydroxylation is 1. The van der Waals surface area contributed by atoms with Crippen LogP contribution in [0.5, 0.6) is 0 Å². The lowest BCUT2D eigenvalue weighted by atomic mass is 10.1. The maximum Gasteiger partial charge on any atom is 0.291 e. The third-order valence-electron chi connectivity index (χ3n) is 4.18. The fourth-order valence-electron chi connectivity index (χ4n) is 2.77. The second-order valence-electron chi connectivity index (χ2n) is 6.00. The molecule has 0 saturated heterocycles. The monoisotopic (exact) mass is 411 g/mol. The van der Waals surface area contributed by atoms with Crippen molar-refractivity contribution in [2.24, 2.45) is 0 Å². The number of para-hydroxylation sites is 1. The van der Waals surface area contributed by atoms with E-state index in [9.17, 15) is 9.59 Å². The summed E-state index contributed by atoms with van der Waals surface area (Å²) < 4.78 is 5.67. The fourth-order valence-corrected chi connectivity index (χ4v) is 3.51. The largest absolute Gasteiger partial charge is 0.449 e. The number of furan rings is 1. The molecule has 0 radical (unpaired) electrons. The first-order valence-electron chi connectivity index (χ1n) is 8.33. The van der Waals surface area contributed by atoms with Gasteiger partial charge in [-0.2, -0.15) is 0 Å². The second-order valence-corrected chi connectivity index (χ2v) is 7.30. The lowest BCUT2D eigenvalue weighted by molar-refractivity contribution is 0.0996. The number of nitrogens with zero attached hydrogens (tertiary/aromatic N) is 1. The van der Waals surface area contributed by atoms with Crippen molar-refractivity contribution in [2.45, 2.75) is 6.92 Å². The van der Waals surface area contributed by atoms with Crippen molar-refractivity contribution in [1.82, 2.24) is 4.98 Å². The van der Waals surface area contributed by atoms with Crippen LogP contribution in [0.1, 0.15) is 26.5 Å². The van der Waals surface area contributed by atoms with E-state index < -0.39 is 0 Å². The van der Waals surface area contributed by atoms with Crippen LogP contribution in [0.3, 0.4) is 0 Å². The van der Waals surface area contributed by atoms with Crippen LogP contribution >= 0.6 is 22.9 Å². The molecule has 2 amide bonds. The van der Waals surface area contributed by atoms with Crippen LogP contribution in [-0.4, -0.2) is 16.8 Å². The van der Waals surface area contributed by atoms with Crippen LogP contribution in [0.15, 0.2) is 58.5 Å². The molecule has 0 aliphatic carbocycles. The number of fused-ring (bicyclic) bond motifs is 1. The molecule has 8 heteroatoms. The molecule has 4 rings (SSSR count). The minimum absolute atomic E-state index is 0.202. The number of hydrogen-bond acceptors (Lipinski definition) is 5. The Morgan fingerprint density at radius 3 is 2.54 bits per heavy atom. The molecule has 28 heavy (non-hydrogen) atoms. The molecule has 0 atom stereocenters. The van der Waals surface area contributed by atoms with Crippen molar-refractivity contribution in [2.75, 3.05) is 10.6 Å². The third kappa shape index (κ3) is 3.49. The number of thiazole rings is 1. The Morgan fingerprint density at radius 1 is 1.07 bits per heavy atom. The summed E-state index contributed by atoms with van der Waals surface area (Å²) in [5.74, 6) is -0.450. The number of amides is 2. The van der Waals surface area contributed by atoms with Crippen LogP contribution in [0.4, 0.5) is 10.8 Å². The zero-order chi connectivity index (χ0) is 19.7. The van der Waals surface area contributed by atoms with E-state index in [-0.39, 0.29) is 17.6 Å². The Bertz CT molecular complexity index is 1170. The number of carbonyl (C=O) groups excluding carboxylic acids is 2. The van der Waals surface area contributed by atoms with Gasteiger partial charge in [-0.05, 0) is 37.3 Å². The van der Waals surface area contributed by atoms with E-state index in [1.807, 2.05) is 19.1 Å². The van der Waals surface area contributed by atoms with Crippen molar-refractivity contribution in [3.05, 3.63) is 76.0 Å². The summed E-state index contributed by atoms with van der Waals surface area (Å²) in [5, 5.41) is 9.04. The van der Waals surface area contributed by atoms with Crippen LogP contribution in [0, 0.1) is 6.92 Å². The molecule has 6 nitrogen and oxygen atoms in total. The summed E-state index contributed by atoms with van der Waals surface area (Å²) in [4.78, 5) is 28.8. The Hall–Kier alpha value is -3.16. The summed E-state index contributed by atoms with van der Waals surface area (Å²) in [6, 6.07) is 11.9. The van der Waals surface area contributed by atoms with E-state index in [2.05, 4.69) is 15.6 Å². The van der Waals surface area contributed by atoms with Gasteiger partial charge < -0.3 is 9.73 Å². The Kier molecular flexibility index (Phi) is 4.85. The molecule has 0 unspecified atom stereocenters.